The summed E-state index contributed by atoms with van der Waals surface area (Å²) in [4.78, 5) is 2.21. The van der Waals surface area contributed by atoms with Gasteiger partial charge in [0.2, 0.25) is 0 Å². The van der Waals surface area contributed by atoms with Gasteiger partial charge in [-0.15, -0.1) is 6.58 Å². The molecule has 0 aliphatic rings. The monoisotopic (exact) mass is 285 g/mol. The largest absolute Gasteiger partial charge is 0.468 e. The fourth-order valence-corrected chi connectivity index (χ4v) is 2.35. The fraction of sp³-hybridized carbons (Fsp3) is 0.333. The molecular weight excluding hydrogens is 262 g/mol. The smallest absolute Gasteiger partial charge is 0.117 e. The highest BCUT2D eigenvalue weighted by Crippen LogP contribution is 2.12. The van der Waals surface area contributed by atoms with Crippen molar-refractivity contribution in [1.29, 1.82) is 0 Å². The summed E-state index contributed by atoms with van der Waals surface area (Å²) in [6.45, 7) is 5.83. The van der Waals surface area contributed by atoms with Crippen molar-refractivity contribution in [2.75, 3.05) is 6.54 Å². The Kier molecular flexibility index (Phi) is 6.25. The van der Waals surface area contributed by atoms with Crippen LogP contribution in [0.1, 0.15) is 24.2 Å². The Hall–Kier alpha value is -1.84. The summed E-state index contributed by atoms with van der Waals surface area (Å²) in [6.07, 6.45) is 4.76. The minimum absolute atomic E-state index is 0.346. The molecule has 0 saturated heterocycles. The van der Waals surface area contributed by atoms with E-state index in [0.717, 1.165) is 25.1 Å². The highest BCUT2D eigenvalue weighted by atomic mass is 16.3. The third-order valence-corrected chi connectivity index (χ3v) is 3.38. The molecule has 0 spiro atoms. The topological polar surface area (TPSA) is 36.6 Å². The number of nitrogens with zero attached hydrogens (tertiary/aromatic N) is 1. The Bertz CT molecular complexity index is 507. The summed E-state index contributed by atoms with van der Waals surface area (Å²) in [5.41, 5.74) is 1.24. The van der Waals surface area contributed by atoms with Crippen LogP contribution in [0, 0.1) is 0 Å². The molecule has 112 valence electrons. The molecule has 1 atom stereocenters. The van der Waals surface area contributed by atoms with Gasteiger partial charge in [0.1, 0.15) is 5.76 Å². The summed E-state index contributed by atoms with van der Waals surface area (Å²) in [5, 5.41) is 10.1. The number of rotatable bonds is 9. The molecule has 0 radical (unpaired) electrons. The lowest BCUT2D eigenvalue weighted by Gasteiger charge is -2.24. The molecule has 0 saturated carbocycles. The van der Waals surface area contributed by atoms with Crippen LogP contribution in [0.3, 0.4) is 0 Å². The molecule has 2 aromatic rings. The van der Waals surface area contributed by atoms with Crippen molar-refractivity contribution in [3.63, 3.8) is 0 Å². The second-order valence-electron chi connectivity index (χ2n) is 5.25. The van der Waals surface area contributed by atoms with Crippen LogP contribution in [0.15, 0.2) is 65.8 Å². The van der Waals surface area contributed by atoms with Crippen LogP contribution in [0.4, 0.5) is 0 Å². The molecule has 0 bridgehead atoms. The van der Waals surface area contributed by atoms with Crippen molar-refractivity contribution >= 4 is 0 Å². The normalized spacial score (nSPS) is 12.5. The van der Waals surface area contributed by atoms with Crippen molar-refractivity contribution in [3.8, 4) is 0 Å². The van der Waals surface area contributed by atoms with Crippen LogP contribution in [-0.2, 0) is 13.1 Å². The second kappa shape index (κ2) is 8.45. The zero-order chi connectivity index (χ0) is 14.9. The van der Waals surface area contributed by atoms with Crippen LogP contribution >= 0.6 is 0 Å². The van der Waals surface area contributed by atoms with E-state index in [1.807, 2.05) is 36.4 Å². The number of hydrogen-bond acceptors (Lipinski definition) is 3. The van der Waals surface area contributed by atoms with Gasteiger partial charge in [-0.1, -0.05) is 36.4 Å². The fourth-order valence-electron chi connectivity index (χ4n) is 2.35. The van der Waals surface area contributed by atoms with Gasteiger partial charge in [0.05, 0.1) is 18.9 Å². The van der Waals surface area contributed by atoms with E-state index in [2.05, 4.69) is 23.6 Å². The average Bonchev–Trinajstić information content (AvgIpc) is 2.99. The lowest BCUT2D eigenvalue weighted by molar-refractivity contribution is 0.0945. The van der Waals surface area contributed by atoms with Gasteiger partial charge in [-0.2, -0.15) is 0 Å². The standard InChI is InChI=1S/C18H23NO2/c1-2-3-10-17(20)14-19(15-18-11-7-12-21-18)13-16-8-5-4-6-9-16/h2,4-9,11-12,17,20H,1,3,10,13-15H2/t17-/m1/s1. The first-order valence-corrected chi connectivity index (χ1v) is 7.35. The maximum Gasteiger partial charge on any atom is 0.117 e. The minimum atomic E-state index is -0.346. The van der Waals surface area contributed by atoms with E-state index in [9.17, 15) is 5.11 Å². The number of allylic oxidation sites excluding steroid dienone is 1. The van der Waals surface area contributed by atoms with E-state index in [4.69, 9.17) is 4.42 Å². The van der Waals surface area contributed by atoms with Gasteiger partial charge in [-0.05, 0) is 30.5 Å². The number of aliphatic hydroxyl groups excluding tert-OH is 1. The number of hydrogen-bond donors (Lipinski definition) is 1. The minimum Gasteiger partial charge on any atom is -0.468 e. The van der Waals surface area contributed by atoms with E-state index in [1.54, 1.807) is 6.26 Å². The molecule has 1 aromatic carbocycles. The van der Waals surface area contributed by atoms with E-state index in [-0.39, 0.29) is 6.10 Å². The van der Waals surface area contributed by atoms with Crippen molar-refractivity contribution in [2.45, 2.75) is 32.0 Å². The van der Waals surface area contributed by atoms with Crippen molar-refractivity contribution in [1.82, 2.24) is 4.90 Å². The summed E-state index contributed by atoms with van der Waals surface area (Å²) < 4.78 is 5.42. The maximum atomic E-state index is 10.1. The molecule has 0 fully saturated rings. The zero-order valence-electron chi connectivity index (χ0n) is 12.3. The number of aliphatic hydroxyl groups is 1. The second-order valence-corrected chi connectivity index (χ2v) is 5.25. The first kappa shape index (κ1) is 15.5. The average molecular weight is 285 g/mol. The molecule has 0 amide bonds. The number of furan rings is 1. The van der Waals surface area contributed by atoms with E-state index < -0.39 is 0 Å². The summed E-state index contributed by atoms with van der Waals surface area (Å²) in [6, 6.07) is 14.1. The van der Waals surface area contributed by atoms with Gasteiger partial charge in [0.15, 0.2) is 0 Å². The molecule has 21 heavy (non-hydrogen) atoms. The lowest BCUT2D eigenvalue weighted by atomic mass is 10.1. The molecule has 1 N–H and O–H groups in total. The molecule has 2 rings (SSSR count). The Balaban J connectivity index is 1.97. The maximum absolute atomic E-state index is 10.1. The molecule has 3 nitrogen and oxygen atoms in total. The van der Waals surface area contributed by atoms with Crippen LogP contribution < -0.4 is 0 Å². The van der Waals surface area contributed by atoms with Gasteiger partial charge in [-0.25, -0.2) is 0 Å². The van der Waals surface area contributed by atoms with Crippen molar-refractivity contribution in [3.05, 3.63) is 72.7 Å². The van der Waals surface area contributed by atoms with Gasteiger partial charge in [0, 0.05) is 13.1 Å². The van der Waals surface area contributed by atoms with Gasteiger partial charge < -0.3 is 9.52 Å². The van der Waals surface area contributed by atoms with Gasteiger partial charge >= 0.3 is 0 Å². The number of benzene rings is 1. The van der Waals surface area contributed by atoms with Crippen LogP contribution in [-0.4, -0.2) is 22.7 Å². The first-order valence-electron chi connectivity index (χ1n) is 7.35. The molecule has 0 aliphatic carbocycles. The SMILES string of the molecule is C=CCC[C@@H](O)CN(Cc1ccccc1)Cc1ccco1. The Morgan fingerprint density at radius 2 is 1.95 bits per heavy atom. The van der Waals surface area contributed by atoms with E-state index in [1.165, 1.54) is 5.56 Å². The van der Waals surface area contributed by atoms with Crippen molar-refractivity contribution in [2.24, 2.45) is 0 Å². The first-order chi connectivity index (χ1) is 10.3. The van der Waals surface area contributed by atoms with Crippen LogP contribution in [0.2, 0.25) is 0 Å². The molecule has 0 unspecified atom stereocenters. The Labute approximate surface area is 126 Å². The van der Waals surface area contributed by atoms with Gasteiger partial charge in [-0.3, -0.25) is 4.90 Å². The molecule has 1 aromatic heterocycles. The predicted molar refractivity (Wildman–Crippen MR) is 84.7 cm³/mol. The molecule has 3 heteroatoms. The van der Waals surface area contributed by atoms with Crippen LogP contribution in [0.25, 0.3) is 0 Å². The third kappa shape index (κ3) is 5.58. The highest BCUT2D eigenvalue weighted by molar-refractivity contribution is 5.14. The van der Waals surface area contributed by atoms with Crippen LogP contribution in [0.5, 0.6) is 0 Å². The summed E-state index contributed by atoms with van der Waals surface area (Å²) >= 11 is 0. The highest BCUT2D eigenvalue weighted by Gasteiger charge is 2.13. The third-order valence-electron chi connectivity index (χ3n) is 3.38. The Morgan fingerprint density at radius 1 is 1.14 bits per heavy atom. The lowest BCUT2D eigenvalue weighted by Crippen LogP contribution is -2.31. The molecule has 0 aliphatic heterocycles. The molecular formula is C18H23NO2. The van der Waals surface area contributed by atoms with E-state index in [0.29, 0.717) is 13.1 Å². The summed E-state index contributed by atoms with van der Waals surface area (Å²) in [7, 11) is 0. The summed E-state index contributed by atoms with van der Waals surface area (Å²) in [5.74, 6) is 0.918. The predicted octanol–water partition coefficient (Wildman–Crippen LogP) is 3.61. The quantitative estimate of drug-likeness (QED) is 0.715. The Morgan fingerprint density at radius 3 is 2.62 bits per heavy atom. The van der Waals surface area contributed by atoms with E-state index >= 15 is 0 Å². The zero-order valence-corrected chi connectivity index (χ0v) is 12.3. The van der Waals surface area contributed by atoms with Crippen molar-refractivity contribution < 1.29 is 9.52 Å². The molecule has 1 heterocycles. The van der Waals surface area contributed by atoms with Gasteiger partial charge in [0.25, 0.3) is 0 Å².